The number of anilines is 1. The lowest BCUT2D eigenvalue weighted by molar-refractivity contribution is -0.132. The molecule has 1 atom stereocenters. The molecule has 4 aromatic rings. The summed E-state index contributed by atoms with van der Waals surface area (Å²) in [5.41, 5.74) is 1.70. The van der Waals surface area contributed by atoms with Gasteiger partial charge in [-0.25, -0.2) is 4.98 Å². The summed E-state index contributed by atoms with van der Waals surface area (Å²) in [5.74, 6) is -1.15. The number of hydrogen-bond donors (Lipinski definition) is 1. The van der Waals surface area contributed by atoms with Gasteiger partial charge in [-0.15, -0.1) is 0 Å². The lowest BCUT2D eigenvalue weighted by Gasteiger charge is -2.23. The fourth-order valence-electron chi connectivity index (χ4n) is 3.91. The molecule has 0 aliphatic carbocycles. The second-order valence-electron chi connectivity index (χ2n) is 7.56. The van der Waals surface area contributed by atoms with Crippen molar-refractivity contribution in [1.82, 2.24) is 4.98 Å². The number of rotatable bonds is 4. The molecule has 1 fully saturated rings. The van der Waals surface area contributed by atoms with Gasteiger partial charge in [0, 0.05) is 15.1 Å². The summed E-state index contributed by atoms with van der Waals surface area (Å²) in [6, 6.07) is 18.3. The molecule has 34 heavy (non-hydrogen) atoms. The average molecular weight is 556 g/mol. The van der Waals surface area contributed by atoms with Gasteiger partial charge in [0.05, 0.1) is 28.9 Å². The number of Topliss-reactive ketones (excluding diaryl/α,β-unsaturated/α-hetero) is 1. The van der Waals surface area contributed by atoms with Gasteiger partial charge in [0.2, 0.25) is 0 Å². The third-order valence-electron chi connectivity index (χ3n) is 5.52. The number of thiazole rings is 1. The van der Waals surface area contributed by atoms with Gasteiger partial charge in [0.25, 0.3) is 5.78 Å². The van der Waals surface area contributed by atoms with Crippen LogP contribution in [0, 0.1) is 0 Å². The first-order valence-electron chi connectivity index (χ1n) is 10.1. The number of aromatic nitrogens is 1. The molecule has 0 bridgehead atoms. The van der Waals surface area contributed by atoms with Crippen LogP contribution in [0.4, 0.5) is 5.13 Å². The second kappa shape index (κ2) is 8.87. The highest BCUT2D eigenvalue weighted by Crippen LogP contribution is 2.45. The van der Waals surface area contributed by atoms with Gasteiger partial charge >= 0.3 is 5.91 Å². The number of nitrogens with zero attached hydrogens (tertiary/aromatic N) is 2. The Balaban J connectivity index is 1.72. The van der Waals surface area contributed by atoms with Crippen LogP contribution >= 0.6 is 38.9 Å². The number of aliphatic hydroxyl groups excluding tert-OH is 1. The number of carbonyl (C=O) groups is 2. The van der Waals surface area contributed by atoms with E-state index in [1.165, 1.54) is 16.2 Å². The molecule has 170 valence electrons. The first-order chi connectivity index (χ1) is 16.4. The van der Waals surface area contributed by atoms with Gasteiger partial charge in [-0.05, 0) is 60.2 Å². The minimum Gasteiger partial charge on any atom is -0.507 e. The maximum atomic E-state index is 13.3. The van der Waals surface area contributed by atoms with E-state index in [1.54, 1.807) is 49.6 Å². The molecule has 0 saturated carbocycles. The molecule has 0 unspecified atom stereocenters. The molecule has 0 radical (unpaired) electrons. The lowest BCUT2D eigenvalue weighted by Crippen LogP contribution is -2.29. The van der Waals surface area contributed by atoms with Gasteiger partial charge < -0.3 is 9.84 Å². The fraction of sp³-hybridized carbons (Fsp3) is 0.0800. The van der Waals surface area contributed by atoms with Gasteiger partial charge in [0.1, 0.15) is 11.5 Å². The second-order valence-corrected chi connectivity index (χ2v) is 9.92. The molecule has 1 amide bonds. The van der Waals surface area contributed by atoms with Crippen LogP contribution in [0.15, 0.2) is 76.8 Å². The van der Waals surface area contributed by atoms with Gasteiger partial charge in [-0.3, -0.25) is 14.5 Å². The van der Waals surface area contributed by atoms with E-state index in [0.29, 0.717) is 32.5 Å². The Morgan fingerprint density at radius 3 is 2.59 bits per heavy atom. The summed E-state index contributed by atoms with van der Waals surface area (Å²) in [6.07, 6.45) is 0. The third-order valence-corrected chi connectivity index (χ3v) is 7.28. The van der Waals surface area contributed by atoms with E-state index in [2.05, 4.69) is 20.9 Å². The Kier molecular flexibility index (Phi) is 5.89. The summed E-state index contributed by atoms with van der Waals surface area (Å²) in [7, 11) is 1.58. The van der Waals surface area contributed by atoms with Gasteiger partial charge in [-0.1, -0.05) is 51.0 Å². The number of methoxy groups -OCH3 is 1. The molecule has 6 nitrogen and oxygen atoms in total. The van der Waals surface area contributed by atoms with E-state index in [-0.39, 0.29) is 11.3 Å². The Bertz CT molecular complexity index is 1480. The minimum atomic E-state index is -0.865. The monoisotopic (exact) mass is 554 g/mol. The molecule has 9 heteroatoms. The highest BCUT2D eigenvalue weighted by molar-refractivity contribution is 9.10. The molecule has 1 aromatic heterocycles. The first-order valence-corrected chi connectivity index (χ1v) is 12.1. The topological polar surface area (TPSA) is 79.7 Å². The number of benzene rings is 3. The van der Waals surface area contributed by atoms with Crippen molar-refractivity contribution in [2.45, 2.75) is 6.04 Å². The molecule has 1 aliphatic heterocycles. The van der Waals surface area contributed by atoms with E-state index >= 15 is 0 Å². The molecular formula is C25H16BrClN2O4S. The Labute approximate surface area is 212 Å². The molecular weight excluding hydrogens is 540 g/mol. The van der Waals surface area contributed by atoms with Gasteiger partial charge in [0.15, 0.2) is 5.13 Å². The van der Waals surface area contributed by atoms with Crippen LogP contribution in [-0.2, 0) is 9.59 Å². The van der Waals surface area contributed by atoms with Crippen LogP contribution < -0.4 is 9.64 Å². The zero-order valence-corrected chi connectivity index (χ0v) is 20.8. The van der Waals surface area contributed by atoms with Crippen LogP contribution in [0.3, 0.4) is 0 Å². The molecule has 0 spiro atoms. The van der Waals surface area contributed by atoms with E-state index in [1.807, 2.05) is 24.3 Å². The van der Waals surface area contributed by atoms with Crippen molar-refractivity contribution in [3.05, 3.63) is 92.9 Å². The van der Waals surface area contributed by atoms with E-state index in [4.69, 9.17) is 16.3 Å². The SMILES string of the molecule is COc1ccc2nc(N3C(=O)C(=O)C(=C(O)c4ccc(Cl)cc4)[C@H]3c3cccc(Br)c3)sc2c1. The molecule has 5 rings (SSSR count). The number of ketones is 1. The van der Waals surface area contributed by atoms with Crippen LogP contribution in [-0.4, -0.2) is 28.9 Å². The van der Waals surface area contributed by atoms with E-state index in [9.17, 15) is 14.7 Å². The van der Waals surface area contributed by atoms with Gasteiger partial charge in [-0.2, -0.15) is 0 Å². The predicted octanol–water partition coefficient (Wildman–Crippen LogP) is 6.35. The molecule has 1 aliphatic rings. The standard InChI is InChI=1S/C25H16BrClN2O4S/c1-33-17-9-10-18-19(12-17)34-25(28-18)29-21(14-3-2-4-15(26)11-14)20(23(31)24(29)32)22(30)13-5-7-16(27)8-6-13/h2-12,21,30H,1H3/t21-/m1/s1. The van der Waals surface area contributed by atoms with E-state index < -0.39 is 17.7 Å². The predicted molar refractivity (Wildman–Crippen MR) is 137 cm³/mol. The van der Waals surface area contributed by atoms with Crippen LogP contribution in [0.1, 0.15) is 17.2 Å². The van der Waals surface area contributed by atoms with Crippen LogP contribution in [0.2, 0.25) is 5.02 Å². The third kappa shape index (κ3) is 3.87. The molecule has 1 N–H and O–H groups in total. The minimum absolute atomic E-state index is 0.0118. The zero-order chi connectivity index (χ0) is 24.0. The number of halogens is 2. The smallest absolute Gasteiger partial charge is 0.301 e. The normalized spacial score (nSPS) is 17.5. The number of fused-ring (bicyclic) bond motifs is 1. The summed E-state index contributed by atoms with van der Waals surface area (Å²) in [6.45, 7) is 0. The maximum absolute atomic E-state index is 13.3. The van der Waals surface area contributed by atoms with Crippen LogP contribution in [0.5, 0.6) is 5.75 Å². The number of aliphatic hydroxyl groups is 1. The number of amides is 1. The van der Waals surface area contributed by atoms with Crippen molar-refractivity contribution >= 4 is 71.7 Å². The summed E-state index contributed by atoms with van der Waals surface area (Å²) in [4.78, 5) is 32.5. The molecule has 3 aromatic carbocycles. The van der Waals surface area contributed by atoms with Crippen LogP contribution in [0.25, 0.3) is 16.0 Å². The largest absolute Gasteiger partial charge is 0.507 e. The Morgan fingerprint density at radius 2 is 1.88 bits per heavy atom. The average Bonchev–Trinajstić information content (AvgIpc) is 3.36. The van der Waals surface area contributed by atoms with Crippen molar-refractivity contribution in [2.24, 2.45) is 0 Å². The highest BCUT2D eigenvalue weighted by atomic mass is 79.9. The Hall–Kier alpha value is -3.20. The quantitative estimate of drug-likeness (QED) is 0.180. The first kappa shape index (κ1) is 22.6. The summed E-state index contributed by atoms with van der Waals surface area (Å²) in [5, 5.41) is 12.0. The summed E-state index contributed by atoms with van der Waals surface area (Å²) >= 11 is 10.7. The van der Waals surface area contributed by atoms with Crippen molar-refractivity contribution in [2.75, 3.05) is 12.0 Å². The number of hydrogen-bond acceptors (Lipinski definition) is 6. The fourth-order valence-corrected chi connectivity index (χ4v) is 5.47. The highest BCUT2D eigenvalue weighted by Gasteiger charge is 2.48. The maximum Gasteiger partial charge on any atom is 0.301 e. The summed E-state index contributed by atoms with van der Waals surface area (Å²) < 4.78 is 6.88. The number of ether oxygens (including phenoxy) is 1. The van der Waals surface area contributed by atoms with Crippen molar-refractivity contribution in [3.63, 3.8) is 0 Å². The van der Waals surface area contributed by atoms with E-state index in [0.717, 1.165) is 9.17 Å². The van der Waals surface area contributed by atoms with Crippen molar-refractivity contribution < 1.29 is 19.4 Å². The van der Waals surface area contributed by atoms with Crippen molar-refractivity contribution in [1.29, 1.82) is 0 Å². The van der Waals surface area contributed by atoms with Crippen molar-refractivity contribution in [3.8, 4) is 5.75 Å². The zero-order valence-electron chi connectivity index (χ0n) is 17.7. The number of carbonyl (C=O) groups excluding carboxylic acids is 2. The molecule has 2 heterocycles. The lowest BCUT2D eigenvalue weighted by atomic mass is 9.95. The molecule has 1 saturated heterocycles. The Morgan fingerprint density at radius 1 is 1.12 bits per heavy atom.